The number of aromatic nitrogens is 17. The number of hydrogen-bond acceptors (Lipinski definition) is 20. The van der Waals surface area contributed by atoms with Gasteiger partial charge < -0.3 is 9.51 Å². The van der Waals surface area contributed by atoms with Crippen LogP contribution in [-0.4, -0.2) is 87.0 Å². The molecule has 1 atom stereocenters. The van der Waals surface area contributed by atoms with Crippen molar-refractivity contribution in [2.24, 2.45) is 9.63 Å². The largest absolute Gasteiger partial charge is 0.341 e. The summed E-state index contributed by atoms with van der Waals surface area (Å²) in [4.78, 5) is 12.7. The second kappa shape index (κ2) is 7.74. The monoisotopic (exact) mass is 543 g/mol. The lowest BCUT2D eigenvalue weighted by molar-refractivity contribution is 0.414. The van der Waals surface area contributed by atoms with Gasteiger partial charge in [-0.2, -0.15) is 0 Å². The van der Waals surface area contributed by atoms with Crippen molar-refractivity contribution in [2.75, 3.05) is 0 Å². The molecule has 1 N–H and O–H groups in total. The van der Waals surface area contributed by atoms with Crippen LogP contribution in [0.2, 0.25) is 0 Å². The minimum Gasteiger partial charge on any atom is -0.341 e. The minimum atomic E-state index is -2.92. The molecular weight excluding hydrogens is 538 g/mol. The van der Waals surface area contributed by atoms with Crippen LogP contribution in [-0.2, 0) is 0 Å². The Hall–Kier alpha value is -5.51. The Labute approximate surface area is 211 Å². The highest BCUT2D eigenvalue weighted by molar-refractivity contribution is 8.40. The van der Waals surface area contributed by atoms with Crippen LogP contribution in [0.3, 0.4) is 0 Å². The smallest absolute Gasteiger partial charge is 0.301 e. The average Bonchev–Trinajstić information content (AvgIpc) is 3.78. The highest BCUT2D eigenvalue weighted by Gasteiger charge is 2.48. The molecule has 1 aliphatic heterocycles. The number of nitrogens with zero attached hydrogens (tertiary/aromatic N) is 18. The van der Waals surface area contributed by atoms with Crippen LogP contribution in [0.25, 0.3) is 43.3 Å². The van der Waals surface area contributed by atoms with Crippen molar-refractivity contribution in [3.05, 3.63) is 35.5 Å². The lowest BCUT2D eigenvalue weighted by Crippen LogP contribution is -2.11. The van der Waals surface area contributed by atoms with Crippen LogP contribution in [0, 0.1) is 0 Å². The maximum atomic E-state index is 5.10. The summed E-state index contributed by atoms with van der Waals surface area (Å²) in [7, 11) is -2.92. The maximum Gasteiger partial charge on any atom is 0.301 e. The zero-order valence-corrected chi connectivity index (χ0v) is 19.7. The van der Waals surface area contributed by atoms with Gasteiger partial charge in [0.05, 0.1) is 22.9 Å². The second-order valence-electron chi connectivity index (χ2n) is 7.30. The molecule has 8 rings (SSSR count). The van der Waals surface area contributed by atoms with Crippen LogP contribution >= 0.6 is 21.6 Å². The average molecular weight is 543 g/mol. The summed E-state index contributed by atoms with van der Waals surface area (Å²) in [5.41, 5.74) is 3.77. The first-order chi connectivity index (χ1) is 18.8. The van der Waals surface area contributed by atoms with Gasteiger partial charge in [-0.25, -0.2) is 9.97 Å². The van der Waals surface area contributed by atoms with Gasteiger partial charge in [0, 0.05) is 15.5 Å². The summed E-state index contributed by atoms with van der Waals surface area (Å²) >= 11 is 1.29. The van der Waals surface area contributed by atoms with Gasteiger partial charge in [0.15, 0.2) is 15.4 Å². The predicted molar refractivity (Wildman–Crippen MR) is 123 cm³/mol. The molecule has 182 valence electrons. The molecular formula is C16H5N19OS2. The molecule has 0 bridgehead atoms. The van der Waals surface area contributed by atoms with Crippen molar-refractivity contribution < 1.29 is 4.52 Å². The fourth-order valence-corrected chi connectivity index (χ4v) is 7.43. The molecule has 0 saturated heterocycles. The highest BCUT2D eigenvalue weighted by Crippen LogP contribution is 2.76. The molecule has 0 amide bonds. The topological polar surface area (TPSA) is 260 Å². The van der Waals surface area contributed by atoms with Crippen LogP contribution in [0.5, 0.6) is 0 Å². The molecule has 1 aliphatic rings. The Bertz CT molecular complexity index is 2070. The van der Waals surface area contributed by atoms with Gasteiger partial charge in [0.25, 0.3) is 0 Å². The molecule has 0 fully saturated rings. The molecule has 1 unspecified atom stereocenters. The van der Waals surface area contributed by atoms with Crippen molar-refractivity contribution in [3.63, 3.8) is 0 Å². The summed E-state index contributed by atoms with van der Waals surface area (Å²) in [6.45, 7) is 0. The molecule has 20 nitrogen and oxygen atoms in total. The van der Waals surface area contributed by atoms with Gasteiger partial charge in [0.1, 0.15) is 33.1 Å². The first kappa shape index (κ1) is 20.7. The normalized spacial score (nSPS) is 19.1. The molecule has 0 radical (unpaired) electrons. The Morgan fingerprint density at radius 2 is 1.76 bits per heavy atom. The van der Waals surface area contributed by atoms with Gasteiger partial charge >= 0.3 is 5.71 Å². The Morgan fingerprint density at radius 1 is 0.842 bits per heavy atom. The van der Waals surface area contributed by atoms with Crippen LogP contribution < -0.4 is 0 Å². The van der Waals surface area contributed by atoms with Crippen molar-refractivity contribution in [1.82, 2.24) is 87.0 Å². The van der Waals surface area contributed by atoms with E-state index in [1.807, 2.05) is 0 Å². The summed E-state index contributed by atoms with van der Waals surface area (Å²) in [6.07, 6.45) is 2.94. The van der Waals surface area contributed by atoms with Crippen molar-refractivity contribution in [1.29, 1.82) is 0 Å². The predicted octanol–water partition coefficient (Wildman–Crippen LogP) is 0.578. The summed E-state index contributed by atoms with van der Waals surface area (Å²) in [5, 5.41) is 61.4. The van der Waals surface area contributed by atoms with Crippen LogP contribution in [0.4, 0.5) is 0 Å². The highest BCUT2D eigenvalue weighted by atomic mass is 32.3. The van der Waals surface area contributed by atoms with E-state index in [1.165, 1.54) is 23.9 Å². The molecule has 7 aromatic heterocycles. The van der Waals surface area contributed by atoms with E-state index in [-0.39, 0.29) is 22.6 Å². The zero-order chi connectivity index (χ0) is 25.1. The number of H-pyrrole nitrogens is 1. The van der Waals surface area contributed by atoms with E-state index in [2.05, 4.69) is 92.1 Å². The van der Waals surface area contributed by atoms with Gasteiger partial charge in [0.2, 0.25) is 5.65 Å². The number of imidazole rings is 1. The third-order valence-electron chi connectivity index (χ3n) is 5.41. The van der Waals surface area contributed by atoms with Crippen LogP contribution in [0.15, 0.2) is 48.3 Å². The molecule has 7 aromatic rings. The quantitative estimate of drug-likeness (QED) is 0.318. The van der Waals surface area contributed by atoms with Gasteiger partial charge in [-0.15, -0.1) is 61.8 Å². The van der Waals surface area contributed by atoms with E-state index in [1.54, 1.807) is 11.6 Å². The Balaban J connectivity index is 1.57. The third-order valence-corrected chi connectivity index (χ3v) is 9.08. The first-order valence-electron chi connectivity index (χ1n) is 10.3. The Kier molecular flexibility index (Phi) is 4.21. The van der Waals surface area contributed by atoms with E-state index >= 15 is 0 Å². The fraction of sp³-hybridized carbons (Fsp3) is 0. The third kappa shape index (κ3) is 2.73. The standard InChI is InChI=1S/C16H5N19OS2/c1-2-20-30-21-5(1)38(16-11-15(28-33-29-16)37-4-19-11)12(8-9-13(18-3-17-9)26-31-23-8)7(25-35-38)6-10-14(27-32-22-6)36-34-24-10/h1-4H,(H,17,18,23,26). The van der Waals surface area contributed by atoms with E-state index in [9.17, 15) is 0 Å². The van der Waals surface area contributed by atoms with E-state index in [0.29, 0.717) is 42.2 Å². The second-order valence-corrected chi connectivity index (χ2v) is 10.7. The summed E-state index contributed by atoms with van der Waals surface area (Å²) < 4.78 is 9.88. The first-order valence-corrected chi connectivity index (χ1v) is 12.7. The van der Waals surface area contributed by atoms with Crippen LogP contribution in [0.1, 0.15) is 11.4 Å². The number of hydrogen-bond donors (Lipinski definition) is 1. The lowest BCUT2D eigenvalue weighted by atomic mass is 10.2. The number of fused-ring (bicyclic) bond motifs is 3. The van der Waals surface area contributed by atoms with Gasteiger partial charge in [-0.3, -0.25) is 0 Å². The van der Waals surface area contributed by atoms with E-state index in [0.717, 1.165) is 0 Å². The Morgan fingerprint density at radius 3 is 2.71 bits per heavy atom. The van der Waals surface area contributed by atoms with E-state index < -0.39 is 10.2 Å². The molecule has 0 spiro atoms. The number of aromatic amines is 1. The molecule has 8 heterocycles. The van der Waals surface area contributed by atoms with Gasteiger partial charge in [-0.1, -0.05) is 5.10 Å². The molecule has 22 heteroatoms. The number of rotatable bonds is 4. The maximum absolute atomic E-state index is 5.10. The zero-order valence-electron chi connectivity index (χ0n) is 18.1. The fourth-order valence-electron chi connectivity index (χ4n) is 3.88. The summed E-state index contributed by atoms with van der Waals surface area (Å²) in [5.74, 6) is 0. The molecule has 0 aliphatic carbocycles. The molecule has 38 heavy (non-hydrogen) atoms. The molecule has 0 saturated carbocycles. The van der Waals surface area contributed by atoms with Crippen molar-refractivity contribution in [2.45, 2.75) is 10.1 Å². The minimum absolute atomic E-state index is 0.0475. The van der Waals surface area contributed by atoms with Crippen molar-refractivity contribution >= 4 is 64.9 Å². The number of nitrogens with one attached hydrogen (secondary N) is 1. The van der Waals surface area contributed by atoms with Gasteiger partial charge in [-0.05, 0) is 26.9 Å². The summed E-state index contributed by atoms with van der Waals surface area (Å²) in [6, 6.07) is 1.65. The SMILES string of the molecule is c1cc(S2(c3nnnc4scnc34)N=NC(c3nnnc4onnc34)=C2c2nnnc3nc[nH]c23)nnn1. The number of thiazole rings is 1. The van der Waals surface area contributed by atoms with E-state index in [4.69, 9.17) is 9.04 Å². The molecule has 0 aromatic carbocycles. The van der Waals surface area contributed by atoms with Crippen molar-refractivity contribution in [3.8, 4) is 0 Å². The lowest BCUT2D eigenvalue weighted by Gasteiger charge is -2.30.